The number of halogens is 2. The molecule has 6 atom stereocenters. The molecule has 47 heavy (non-hydrogen) atoms. The summed E-state index contributed by atoms with van der Waals surface area (Å²) in [6, 6.07) is 10.0. The van der Waals surface area contributed by atoms with Gasteiger partial charge in [-0.2, -0.15) is 0 Å². The number of carbonyl (C=O) groups excluding carboxylic acids is 2. The maximum Gasteiger partial charge on any atom is 0.482 e. The number of likely N-dealkylation sites (tertiary alicyclic amines) is 2. The number of hydrogen-bond donors (Lipinski definition) is 1. The molecule has 0 unspecified atom stereocenters. The van der Waals surface area contributed by atoms with Gasteiger partial charge >= 0.3 is 7.12 Å². The lowest BCUT2D eigenvalue weighted by atomic mass is 9.43. The molecule has 7 rings (SSSR count). The number of alkyl halides is 2. The van der Waals surface area contributed by atoms with Crippen LogP contribution in [0.4, 0.5) is 8.78 Å². The fourth-order valence-corrected chi connectivity index (χ4v) is 9.06. The molecule has 3 aliphatic carbocycles. The number of piperidine rings is 1. The Balaban J connectivity index is 1.10. The summed E-state index contributed by atoms with van der Waals surface area (Å²) in [6.45, 7) is 18.8. The summed E-state index contributed by atoms with van der Waals surface area (Å²) in [6.07, 6.45) is 5.75. The van der Waals surface area contributed by atoms with Gasteiger partial charge in [0, 0.05) is 38.0 Å². The Morgan fingerprint density at radius 3 is 2.60 bits per heavy atom. The van der Waals surface area contributed by atoms with Crippen LogP contribution in [0.15, 0.2) is 42.1 Å². The first-order valence-corrected chi connectivity index (χ1v) is 17.3. The molecule has 6 fully saturated rings. The summed E-state index contributed by atoms with van der Waals surface area (Å²) in [7, 11) is -0.556. The highest BCUT2D eigenvalue weighted by molar-refractivity contribution is 6.48. The first kappa shape index (κ1) is 34.1. The highest BCUT2D eigenvalue weighted by Crippen LogP contribution is 2.65. The summed E-state index contributed by atoms with van der Waals surface area (Å²) in [5.41, 5.74) is -0.0150. The zero-order valence-corrected chi connectivity index (χ0v) is 28.4. The van der Waals surface area contributed by atoms with E-state index >= 15 is 0 Å². The van der Waals surface area contributed by atoms with Crippen LogP contribution in [-0.4, -0.2) is 84.0 Å². The Hall–Kier alpha value is -2.81. The molecule has 3 aliphatic heterocycles. The molecule has 11 heteroatoms. The molecule has 6 aliphatic rings. The van der Waals surface area contributed by atoms with E-state index in [1.165, 1.54) is 6.08 Å². The van der Waals surface area contributed by atoms with Gasteiger partial charge in [-0.05, 0) is 81.6 Å². The molecule has 0 aromatic heterocycles. The van der Waals surface area contributed by atoms with Crippen LogP contribution >= 0.6 is 0 Å². The van der Waals surface area contributed by atoms with E-state index in [2.05, 4.69) is 30.9 Å². The Morgan fingerprint density at radius 2 is 1.94 bits per heavy atom. The summed E-state index contributed by atoms with van der Waals surface area (Å²) >= 11 is 0. The van der Waals surface area contributed by atoms with E-state index in [1.54, 1.807) is 23.6 Å². The van der Waals surface area contributed by atoms with E-state index in [1.807, 2.05) is 30.3 Å². The first-order valence-electron chi connectivity index (χ1n) is 17.3. The molecule has 3 saturated carbocycles. The fraction of sp³-hybridized carbons (Fsp3) is 0.694. The lowest BCUT2D eigenvalue weighted by Crippen LogP contribution is -2.65. The van der Waals surface area contributed by atoms with Crippen LogP contribution in [0.2, 0.25) is 0 Å². The minimum atomic E-state index is -2.77. The standard InChI is InChI=1S/C36H49BF2N4O4/c1-33(2,43-16-14-36(38,39)23-43)21-27(40-6)32(45)42-15-10-13-25(22-42)18-31(44)41-30(17-24-11-8-7-9-12-24)37-46-29-20-26-19-28(34(26,3)4)35(29,5)47-37/h7-9,11-12,21,25-26,28-30H,10,13-20,22-23H2,1-5H3,(H,41,44)/t25-,26+,28+,29-,30+,35+/m1/s1. The smallest absolute Gasteiger partial charge is 0.404 e. The molecular formula is C36H49BF2N4O4. The molecule has 1 N–H and O–H groups in total. The quantitative estimate of drug-likeness (QED) is 0.216. The molecule has 3 heterocycles. The van der Waals surface area contributed by atoms with Gasteiger partial charge in [-0.1, -0.05) is 50.3 Å². The number of benzene rings is 1. The first-order chi connectivity index (χ1) is 22.1. The van der Waals surface area contributed by atoms with Crippen molar-refractivity contribution in [1.82, 2.24) is 15.1 Å². The average Bonchev–Trinajstić information content (AvgIpc) is 3.58. The average molecular weight is 651 g/mol. The number of nitrogens with zero attached hydrogens (tertiary/aromatic N) is 3. The SMILES string of the molecule is [C-]#[N+]C(=CC(C)(C)N1CCC(F)(F)C1)C(=O)N1CCC[C@H](CC(=O)N[C@@H](Cc2ccccc2)B2O[C@@H]3C[C@@H]4C[C@@H](C4(C)C)[C@]3(C)O2)C1. The van der Waals surface area contributed by atoms with Gasteiger partial charge in [0.2, 0.25) is 11.6 Å². The summed E-state index contributed by atoms with van der Waals surface area (Å²) in [4.78, 5) is 33.9. The van der Waals surface area contributed by atoms with Gasteiger partial charge in [0.1, 0.15) is 0 Å². The van der Waals surface area contributed by atoms with Gasteiger partial charge in [-0.3, -0.25) is 14.5 Å². The molecular weight excluding hydrogens is 601 g/mol. The third-order valence-corrected chi connectivity index (χ3v) is 12.0. The van der Waals surface area contributed by atoms with E-state index in [0.29, 0.717) is 31.3 Å². The highest BCUT2D eigenvalue weighted by Gasteiger charge is 2.68. The van der Waals surface area contributed by atoms with Crippen molar-refractivity contribution in [2.45, 2.75) is 109 Å². The molecule has 1 aromatic rings. The van der Waals surface area contributed by atoms with E-state index in [0.717, 1.165) is 31.2 Å². The van der Waals surface area contributed by atoms with Crippen LogP contribution < -0.4 is 5.32 Å². The third-order valence-electron chi connectivity index (χ3n) is 12.0. The summed E-state index contributed by atoms with van der Waals surface area (Å²) < 4.78 is 41.2. The third kappa shape index (κ3) is 6.75. The zero-order chi connectivity index (χ0) is 33.8. The van der Waals surface area contributed by atoms with Crippen LogP contribution in [0.25, 0.3) is 4.85 Å². The van der Waals surface area contributed by atoms with Gasteiger partial charge in [-0.15, -0.1) is 0 Å². The Bertz CT molecular complexity index is 1430. The Kier molecular flexibility index (Phi) is 9.12. The second-order valence-electron chi connectivity index (χ2n) is 16.0. The number of hydrogen-bond acceptors (Lipinski definition) is 5. The Labute approximate surface area is 278 Å². The van der Waals surface area contributed by atoms with Crippen molar-refractivity contribution in [2.75, 3.05) is 26.2 Å². The number of rotatable bonds is 9. The number of nitrogens with one attached hydrogen (secondary N) is 1. The van der Waals surface area contributed by atoms with E-state index in [4.69, 9.17) is 15.9 Å². The monoisotopic (exact) mass is 650 g/mol. The number of carbonyl (C=O) groups is 2. The molecule has 0 radical (unpaired) electrons. The molecule has 8 nitrogen and oxygen atoms in total. The largest absolute Gasteiger partial charge is 0.482 e. The maximum absolute atomic E-state index is 13.9. The van der Waals surface area contributed by atoms with Gasteiger partial charge < -0.3 is 19.5 Å². The van der Waals surface area contributed by atoms with Crippen LogP contribution in [0.1, 0.15) is 78.7 Å². The van der Waals surface area contributed by atoms with Gasteiger partial charge in [0.05, 0.1) is 30.8 Å². The molecule has 1 aromatic carbocycles. The van der Waals surface area contributed by atoms with Crippen molar-refractivity contribution in [2.24, 2.45) is 23.2 Å². The topological polar surface area (TPSA) is 75.5 Å². The van der Waals surface area contributed by atoms with Gasteiger partial charge in [0.15, 0.2) is 0 Å². The molecule has 3 saturated heterocycles. The predicted octanol–water partition coefficient (Wildman–Crippen LogP) is 5.53. The van der Waals surface area contributed by atoms with Crippen LogP contribution in [0.3, 0.4) is 0 Å². The van der Waals surface area contributed by atoms with Gasteiger partial charge in [0.25, 0.3) is 11.8 Å². The molecule has 0 spiro atoms. The van der Waals surface area contributed by atoms with Crippen molar-refractivity contribution in [1.29, 1.82) is 0 Å². The molecule has 254 valence electrons. The van der Waals surface area contributed by atoms with Crippen molar-refractivity contribution >= 4 is 18.9 Å². The fourth-order valence-electron chi connectivity index (χ4n) is 9.06. The normalized spacial score (nSPS) is 32.3. The Morgan fingerprint density at radius 1 is 1.19 bits per heavy atom. The van der Waals surface area contributed by atoms with E-state index in [9.17, 15) is 18.4 Å². The van der Waals surface area contributed by atoms with Crippen LogP contribution in [0, 0.1) is 29.7 Å². The van der Waals surface area contributed by atoms with Crippen molar-refractivity contribution in [3.05, 3.63) is 59.1 Å². The van der Waals surface area contributed by atoms with E-state index < -0.39 is 31.0 Å². The minimum absolute atomic E-state index is 0.00833. The van der Waals surface area contributed by atoms with Crippen molar-refractivity contribution < 1.29 is 27.7 Å². The zero-order valence-electron chi connectivity index (χ0n) is 28.4. The lowest BCUT2D eigenvalue weighted by Gasteiger charge is -2.64. The van der Waals surface area contributed by atoms with Gasteiger partial charge in [-0.25, -0.2) is 13.6 Å². The van der Waals surface area contributed by atoms with Crippen molar-refractivity contribution in [3.63, 3.8) is 0 Å². The summed E-state index contributed by atoms with van der Waals surface area (Å²) in [5.74, 6) is -2.68. The predicted molar refractivity (Wildman–Crippen MR) is 176 cm³/mol. The summed E-state index contributed by atoms with van der Waals surface area (Å²) in [5, 5.41) is 3.26. The van der Waals surface area contributed by atoms with Crippen molar-refractivity contribution in [3.8, 4) is 0 Å². The van der Waals surface area contributed by atoms with Crippen LogP contribution in [-0.2, 0) is 25.3 Å². The van der Waals surface area contributed by atoms with Crippen LogP contribution in [0.5, 0.6) is 0 Å². The molecule has 2 bridgehead atoms. The second-order valence-corrected chi connectivity index (χ2v) is 16.0. The lowest BCUT2D eigenvalue weighted by molar-refractivity contribution is -0.199. The highest BCUT2D eigenvalue weighted by atomic mass is 19.3. The minimum Gasteiger partial charge on any atom is -0.404 e. The second kappa shape index (κ2) is 12.6. The molecule has 2 amide bonds. The maximum atomic E-state index is 13.9. The number of amides is 2. The van der Waals surface area contributed by atoms with E-state index in [-0.39, 0.29) is 60.0 Å².